The summed E-state index contributed by atoms with van der Waals surface area (Å²) >= 11 is 0. The minimum absolute atomic E-state index is 0.152. The number of carbonyl (C=O) groups excluding carboxylic acids is 1. The molecule has 0 unspecified atom stereocenters. The molecule has 1 saturated carbocycles. The fourth-order valence-corrected chi connectivity index (χ4v) is 4.30. The molecular weight excluding hydrogens is 422 g/mol. The van der Waals surface area contributed by atoms with Crippen molar-refractivity contribution < 1.29 is 9.90 Å². The molecule has 3 N–H and O–H groups in total. The number of carbonyl (C=O) groups is 1. The number of hydrogen-bond acceptors (Lipinski definition) is 3. The molecule has 5 heteroatoms. The van der Waals surface area contributed by atoms with E-state index in [0.29, 0.717) is 5.56 Å². The van der Waals surface area contributed by atoms with Crippen molar-refractivity contribution in [2.45, 2.75) is 59.1 Å². The van der Waals surface area contributed by atoms with Crippen LogP contribution in [0.5, 0.6) is 0 Å². The van der Waals surface area contributed by atoms with Gasteiger partial charge in [-0.15, -0.1) is 0 Å². The number of nitrogens with one attached hydrogen (secondary N) is 2. The van der Waals surface area contributed by atoms with Crippen LogP contribution >= 0.6 is 0 Å². The summed E-state index contributed by atoms with van der Waals surface area (Å²) in [6.45, 7) is 10.5. The highest BCUT2D eigenvalue weighted by atomic mass is 16.3. The Bertz CT molecular complexity index is 1260. The fourth-order valence-electron chi connectivity index (χ4n) is 4.30. The van der Waals surface area contributed by atoms with E-state index < -0.39 is 5.60 Å². The molecule has 1 heterocycles. The Morgan fingerprint density at radius 1 is 1.15 bits per heavy atom. The van der Waals surface area contributed by atoms with Crippen LogP contribution in [-0.2, 0) is 13.6 Å². The first-order valence-electron chi connectivity index (χ1n) is 12.0. The van der Waals surface area contributed by atoms with Gasteiger partial charge in [0.2, 0.25) is 0 Å². The molecule has 2 aromatic carbocycles. The van der Waals surface area contributed by atoms with Gasteiger partial charge in [0, 0.05) is 48.0 Å². The van der Waals surface area contributed by atoms with Gasteiger partial charge in [-0.2, -0.15) is 0 Å². The quantitative estimate of drug-likeness (QED) is 0.465. The van der Waals surface area contributed by atoms with Crippen LogP contribution in [0.2, 0.25) is 0 Å². The van der Waals surface area contributed by atoms with Crippen LogP contribution in [0.4, 0.5) is 5.69 Å². The number of aromatic nitrogens is 1. The maximum Gasteiger partial charge on any atom is 0.255 e. The van der Waals surface area contributed by atoms with Crippen LogP contribution in [0.15, 0.2) is 42.5 Å². The summed E-state index contributed by atoms with van der Waals surface area (Å²) in [4.78, 5) is 12.9. The summed E-state index contributed by atoms with van der Waals surface area (Å²) in [5.41, 5.74) is 4.98. The number of amides is 1. The molecule has 1 fully saturated rings. The Kier molecular flexibility index (Phi) is 6.58. The van der Waals surface area contributed by atoms with E-state index in [-0.39, 0.29) is 11.3 Å². The minimum Gasteiger partial charge on any atom is -0.378 e. The number of nitrogens with zero attached hydrogens (tertiary/aromatic N) is 1. The van der Waals surface area contributed by atoms with Gasteiger partial charge >= 0.3 is 0 Å². The highest BCUT2D eigenvalue weighted by Gasteiger charge is 2.32. The first-order valence-corrected chi connectivity index (χ1v) is 12.0. The van der Waals surface area contributed by atoms with Crippen LogP contribution in [-0.4, -0.2) is 27.7 Å². The molecule has 1 amide bonds. The lowest BCUT2D eigenvalue weighted by atomic mass is 9.81. The Balaban J connectivity index is 1.47. The molecule has 1 aromatic heterocycles. The van der Waals surface area contributed by atoms with Gasteiger partial charge < -0.3 is 20.3 Å². The Morgan fingerprint density at radius 3 is 2.47 bits per heavy atom. The molecular formula is C29H35N3O2. The SMILES string of the molecule is Cc1c(NC(=O)c2ccc(C#CC3(O)CCC3)cc2)ccc2cc(CNCC(C)(C)C)n(C)c12. The summed E-state index contributed by atoms with van der Waals surface area (Å²) in [7, 11) is 2.08. The molecule has 178 valence electrons. The summed E-state index contributed by atoms with van der Waals surface area (Å²) in [5.74, 6) is 5.82. The fraction of sp³-hybridized carbons (Fsp3) is 0.414. The van der Waals surface area contributed by atoms with Crippen LogP contribution in [0, 0.1) is 24.2 Å². The monoisotopic (exact) mass is 457 g/mol. The number of rotatable bonds is 5. The summed E-state index contributed by atoms with van der Waals surface area (Å²) in [6, 6.07) is 13.5. The first-order chi connectivity index (χ1) is 16.0. The molecule has 0 aliphatic heterocycles. The third-order valence-electron chi connectivity index (χ3n) is 6.53. The van der Waals surface area contributed by atoms with Gasteiger partial charge in [0.05, 0.1) is 5.52 Å². The van der Waals surface area contributed by atoms with Gasteiger partial charge in [-0.3, -0.25) is 4.79 Å². The second-order valence-corrected chi connectivity index (χ2v) is 10.7. The van der Waals surface area contributed by atoms with Gasteiger partial charge in [0.15, 0.2) is 0 Å². The minimum atomic E-state index is -0.828. The number of fused-ring (bicyclic) bond motifs is 1. The van der Waals surface area contributed by atoms with Crippen molar-refractivity contribution in [2.24, 2.45) is 12.5 Å². The third kappa shape index (κ3) is 5.35. The summed E-state index contributed by atoms with van der Waals surface area (Å²) in [6.07, 6.45) is 2.49. The van der Waals surface area contributed by atoms with E-state index in [2.05, 4.69) is 67.0 Å². The van der Waals surface area contributed by atoms with E-state index in [1.54, 1.807) is 12.1 Å². The molecule has 3 aromatic rings. The lowest BCUT2D eigenvalue weighted by Gasteiger charge is -2.30. The van der Waals surface area contributed by atoms with Crippen molar-refractivity contribution in [3.8, 4) is 11.8 Å². The van der Waals surface area contributed by atoms with Crippen LogP contribution < -0.4 is 10.6 Å². The van der Waals surface area contributed by atoms with Crippen LogP contribution in [0.3, 0.4) is 0 Å². The Labute approximate surface area is 202 Å². The van der Waals surface area contributed by atoms with Gasteiger partial charge in [-0.1, -0.05) is 38.7 Å². The average Bonchev–Trinajstić information content (AvgIpc) is 3.08. The topological polar surface area (TPSA) is 66.3 Å². The van der Waals surface area contributed by atoms with Crippen molar-refractivity contribution in [1.29, 1.82) is 0 Å². The molecule has 1 aliphatic carbocycles. The molecule has 0 saturated heterocycles. The van der Waals surface area contributed by atoms with E-state index in [0.717, 1.165) is 54.7 Å². The lowest BCUT2D eigenvalue weighted by molar-refractivity contribution is 0.0239. The van der Waals surface area contributed by atoms with Crippen LogP contribution in [0.25, 0.3) is 10.9 Å². The van der Waals surface area contributed by atoms with E-state index in [1.807, 2.05) is 25.1 Å². The number of anilines is 1. The van der Waals surface area contributed by atoms with Gasteiger partial charge in [0.1, 0.15) is 5.60 Å². The van der Waals surface area contributed by atoms with E-state index in [1.165, 1.54) is 11.1 Å². The molecule has 4 rings (SSSR count). The van der Waals surface area contributed by atoms with Gasteiger partial charge in [-0.05, 0) is 73.6 Å². The first kappa shape index (κ1) is 24.1. The van der Waals surface area contributed by atoms with E-state index in [4.69, 9.17) is 0 Å². The average molecular weight is 458 g/mol. The number of benzene rings is 2. The normalized spacial score (nSPS) is 14.9. The highest BCUT2D eigenvalue weighted by molar-refractivity contribution is 6.06. The molecule has 0 spiro atoms. The zero-order valence-corrected chi connectivity index (χ0v) is 20.9. The van der Waals surface area contributed by atoms with Gasteiger partial charge in [-0.25, -0.2) is 0 Å². The van der Waals surface area contributed by atoms with Gasteiger partial charge in [0.25, 0.3) is 5.91 Å². The van der Waals surface area contributed by atoms with E-state index in [9.17, 15) is 9.90 Å². The second-order valence-electron chi connectivity index (χ2n) is 10.7. The van der Waals surface area contributed by atoms with Crippen LogP contribution in [0.1, 0.15) is 67.2 Å². The van der Waals surface area contributed by atoms with E-state index >= 15 is 0 Å². The van der Waals surface area contributed by atoms with Crippen molar-refractivity contribution in [3.05, 3.63) is 64.8 Å². The zero-order valence-electron chi connectivity index (χ0n) is 20.9. The molecule has 0 radical (unpaired) electrons. The predicted octanol–water partition coefficient (Wildman–Crippen LogP) is 5.14. The molecule has 0 bridgehead atoms. The largest absolute Gasteiger partial charge is 0.378 e. The standard InChI is InChI=1S/C29H35N3O2/c1-20-25(12-11-23-17-24(32(5)26(20)23)18-30-19-28(2,3)4)31-27(33)22-9-7-21(8-10-22)13-16-29(34)14-6-15-29/h7-12,17,30,34H,6,14-15,18-19H2,1-5H3,(H,31,33). The van der Waals surface area contributed by atoms with Crippen molar-refractivity contribution >= 4 is 22.5 Å². The smallest absolute Gasteiger partial charge is 0.255 e. The molecule has 34 heavy (non-hydrogen) atoms. The number of aryl methyl sites for hydroxylation is 2. The summed E-state index contributed by atoms with van der Waals surface area (Å²) < 4.78 is 2.21. The maximum atomic E-state index is 12.9. The molecule has 5 nitrogen and oxygen atoms in total. The predicted molar refractivity (Wildman–Crippen MR) is 139 cm³/mol. The number of hydrogen-bond donors (Lipinski definition) is 3. The zero-order chi connectivity index (χ0) is 24.5. The summed E-state index contributed by atoms with van der Waals surface area (Å²) in [5, 5.41) is 17.9. The van der Waals surface area contributed by atoms with Crippen molar-refractivity contribution in [1.82, 2.24) is 9.88 Å². The Morgan fingerprint density at radius 2 is 1.85 bits per heavy atom. The Hall–Kier alpha value is -3.07. The molecule has 1 aliphatic rings. The molecule has 0 atom stereocenters. The van der Waals surface area contributed by atoms with Crippen molar-refractivity contribution in [2.75, 3.05) is 11.9 Å². The number of aliphatic hydroxyl groups is 1. The maximum absolute atomic E-state index is 12.9. The third-order valence-corrected chi connectivity index (χ3v) is 6.53. The highest BCUT2D eigenvalue weighted by Crippen LogP contribution is 2.31. The van der Waals surface area contributed by atoms with Crippen molar-refractivity contribution in [3.63, 3.8) is 0 Å². The lowest BCUT2D eigenvalue weighted by Crippen LogP contribution is -2.34. The second kappa shape index (κ2) is 9.29.